The van der Waals surface area contributed by atoms with Crippen LogP contribution in [0.3, 0.4) is 0 Å². The average molecular weight is 284 g/mol. The molecule has 106 valence electrons. The van der Waals surface area contributed by atoms with E-state index in [1.807, 2.05) is 13.0 Å². The molecule has 0 radical (unpaired) electrons. The molecule has 2 atom stereocenters. The van der Waals surface area contributed by atoms with E-state index in [0.29, 0.717) is 11.8 Å². The molecule has 0 bridgehead atoms. The van der Waals surface area contributed by atoms with Crippen LogP contribution in [-0.4, -0.2) is 41.1 Å². The van der Waals surface area contributed by atoms with Crippen molar-refractivity contribution in [2.75, 3.05) is 23.9 Å². The summed E-state index contributed by atoms with van der Waals surface area (Å²) < 4.78 is 5.78. The molecule has 1 aliphatic rings. The lowest BCUT2D eigenvalue weighted by molar-refractivity contribution is -0.00359. The number of hydrogen-bond acceptors (Lipinski definition) is 4. The number of hydrogen-bond donors (Lipinski definition) is 0. The molecule has 1 aromatic heterocycles. The normalized spacial score (nSPS) is 24.0. The van der Waals surface area contributed by atoms with E-state index in [9.17, 15) is 0 Å². The average Bonchev–Trinajstić information content (AvgIpc) is 2.37. The van der Waals surface area contributed by atoms with Gasteiger partial charge in [0.15, 0.2) is 0 Å². The molecule has 0 N–H and O–H groups in total. The Kier molecular flexibility index (Phi) is 4.63. The Bertz CT molecular complexity index is 439. The fourth-order valence-electron chi connectivity index (χ4n) is 2.31. The maximum atomic E-state index is 5.93. The first-order valence-electron chi connectivity index (χ1n) is 6.81. The molecule has 4 nitrogen and oxygen atoms in total. The van der Waals surface area contributed by atoms with Gasteiger partial charge in [-0.05, 0) is 13.8 Å². The Morgan fingerprint density at radius 1 is 1.42 bits per heavy atom. The van der Waals surface area contributed by atoms with Gasteiger partial charge in [0.25, 0.3) is 0 Å². The van der Waals surface area contributed by atoms with Gasteiger partial charge in [0, 0.05) is 30.8 Å². The maximum Gasteiger partial charge on any atom is 0.133 e. The zero-order chi connectivity index (χ0) is 14.0. The van der Waals surface area contributed by atoms with Gasteiger partial charge in [-0.2, -0.15) is 0 Å². The van der Waals surface area contributed by atoms with Gasteiger partial charge in [0.05, 0.1) is 18.1 Å². The Labute approximate surface area is 120 Å². The second kappa shape index (κ2) is 6.06. The van der Waals surface area contributed by atoms with Crippen molar-refractivity contribution >= 4 is 17.4 Å². The number of rotatable bonds is 3. The predicted octanol–water partition coefficient (Wildman–Crippen LogP) is 2.74. The molecule has 1 aliphatic heterocycles. The third-order valence-corrected chi connectivity index (χ3v) is 3.54. The first-order chi connectivity index (χ1) is 8.99. The van der Waals surface area contributed by atoms with Crippen molar-refractivity contribution in [1.29, 1.82) is 0 Å². The molecule has 0 aliphatic carbocycles. The number of nitrogens with zero attached hydrogens (tertiary/aromatic N) is 3. The van der Waals surface area contributed by atoms with E-state index in [2.05, 4.69) is 35.6 Å². The van der Waals surface area contributed by atoms with Crippen LogP contribution in [0.1, 0.15) is 38.2 Å². The summed E-state index contributed by atoms with van der Waals surface area (Å²) in [6.07, 6.45) is 0.249. The van der Waals surface area contributed by atoms with Crippen LogP contribution in [0.2, 0.25) is 0 Å². The standard InChI is InChI=1S/C14H22ClN3O/c1-9(2)14-16-10(3)5-13(17-14)18-7-11(4)19-12(6-15)8-18/h5,9,11-12H,6-8H2,1-4H3. The smallest absolute Gasteiger partial charge is 0.133 e. The molecule has 1 aromatic rings. The zero-order valence-corrected chi connectivity index (χ0v) is 12.8. The van der Waals surface area contributed by atoms with Gasteiger partial charge >= 0.3 is 0 Å². The van der Waals surface area contributed by atoms with E-state index in [1.54, 1.807) is 0 Å². The van der Waals surface area contributed by atoms with Gasteiger partial charge in [0.2, 0.25) is 0 Å². The first kappa shape index (κ1) is 14.5. The molecule has 19 heavy (non-hydrogen) atoms. The number of alkyl halides is 1. The van der Waals surface area contributed by atoms with Crippen molar-refractivity contribution in [3.05, 3.63) is 17.6 Å². The second-order valence-electron chi connectivity index (χ2n) is 5.51. The van der Waals surface area contributed by atoms with Crippen molar-refractivity contribution < 1.29 is 4.74 Å². The van der Waals surface area contributed by atoms with Crippen LogP contribution in [0.25, 0.3) is 0 Å². The summed E-state index contributed by atoms with van der Waals surface area (Å²) >= 11 is 5.93. The molecule has 0 saturated carbocycles. The number of aromatic nitrogens is 2. The quantitative estimate of drug-likeness (QED) is 0.800. The molecule has 1 saturated heterocycles. The van der Waals surface area contributed by atoms with Crippen LogP contribution >= 0.6 is 11.6 Å². The molecule has 1 fully saturated rings. The summed E-state index contributed by atoms with van der Waals surface area (Å²) in [4.78, 5) is 11.4. The van der Waals surface area contributed by atoms with Gasteiger partial charge in [-0.1, -0.05) is 13.8 Å². The van der Waals surface area contributed by atoms with Crippen LogP contribution in [0.15, 0.2) is 6.07 Å². The molecule has 2 unspecified atom stereocenters. The molecular formula is C14H22ClN3O. The van der Waals surface area contributed by atoms with E-state index < -0.39 is 0 Å². The van der Waals surface area contributed by atoms with Crippen molar-refractivity contribution in [1.82, 2.24) is 9.97 Å². The van der Waals surface area contributed by atoms with Crippen LogP contribution < -0.4 is 4.90 Å². The molecule has 0 amide bonds. The molecule has 0 aromatic carbocycles. The maximum absolute atomic E-state index is 5.93. The summed E-state index contributed by atoms with van der Waals surface area (Å²) in [6, 6.07) is 2.04. The summed E-state index contributed by atoms with van der Waals surface area (Å²) in [6.45, 7) is 9.95. The highest BCUT2D eigenvalue weighted by atomic mass is 35.5. The molecular weight excluding hydrogens is 262 g/mol. The summed E-state index contributed by atoms with van der Waals surface area (Å²) in [5, 5.41) is 0. The molecule has 2 heterocycles. The van der Waals surface area contributed by atoms with Crippen LogP contribution in [0.4, 0.5) is 5.82 Å². The first-order valence-corrected chi connectivity index (χ1v) is 7.35. The number of ether oxygens (including phenoxy) is 1. The van der Waals surface area contributed by atoms with E-state index in [4.69, 9.17) is 16.3 Å². The van der Waals surface area contributed by atoms with Crippen molar-refractivity contribution in [3.63, 3.8) is 0 Å². The van der Waals surface area contributed by atoms with Gasteiger partial charge in [-0.25, -0.2) is 9.97 Å². The topological polar surface area (TPSA) is 38.2 Å². The Balaban J connectivity index is 2.25. The van der Waals surface area contributed by atoms with Crippen molar-refractivity contribution in [2.45, 2.75) is 45.8 Å². The minimum Gasteiger partial charge on any atom is -0.370 e. The number of morpholine rings is 1. The van der Waals surface area contributed by atoms with E-state index >= 15 is 0 Å². The minimum atomic E-state index is 0.0724. The molecule has 5 heteroatoms. The zero-order valence-electron chi connectivity index (χ0n) is 12.1. The van der Waals surface area contributed by atoms with E-state index in [-0.39, 0.29) is 12.2 Å². The Morgan fingerprint density at radius 2 is 2.16 bits per heavy atom. The fourth-order valence-corrected chi connectivity index (χ4v) is 2.48. The lowest BCUT2D eigenvalue weighted by Gasteiger charge is -2.37. The van der Waals surface area contributed by atoms with Crippen LogP contribution in [0, 0.1) is 6.92 Å². The summed E-state index contributed by atoms with van der Waals surface area (Å²) in [5.74, 6) is 2.74. The van der Waals surface area contributed by atoms with Gasteiger partial charge < -0.3 is 9.64 Å². The molecule has 2 rings (SSSR count). The van der Waals surface area contributed by atoms with Gasteiger partial charge in [0.1, 0.15) is 11.6 Å². The minimum absolute atomic E-state index is 0.0724. The van der Waals surface area contributed by atoms with Crippen LogP contribution in [0.5, 0.6) is 0 Å². The van der Waals surface area contributed by atoms with Crippen LogP contribution in [-0.2, 0) is 4.74 Å². The van der Waals surface area contributed by atoms with Crippen molar-refractivity contribution in [3.8, 4) is 0 Å². The largest absolute Gasteiger partial charge is 0.370 e. The fraction of sp³-hybridized carbons (Fsp3) is 0.714. The molecule has 0 spiro atoms. The highest BCUT2D eigenvalue weighted by Gasteiger charge is 2.26. The Morgan fingerprint density at radius 3 is 2.79 bits per heavy atom. The van der Waals surface area contributed by atoms with Gasteiger partial charge in [-0.3, -0.25) is 0 Å². The Hall–Kier alpha value is -0.870. The van der Waals surface area contributed by atoms with Crippen molar-refractivity contribution in [2.24, 2.45) is 0 Å². The third-order valence-electron chi connectivity index (χ3n) is 3.20. The van der Waals surface area contributed by atoms with E-state index in [0.717, 1.165) is 30.4 Å². The highest BCUT2D eigenvalue weighted by molar-refractivity contribution is 6.18. The lowest BCUT2D eigenvalue weighted by atomic mass is 10.2. The number of halogens is 1. The summed E-state index contributed by atoms with van der Waals surface area (Å²) in [5.41, 5.74) is 1.01. The lowest BCUT2D eigenvalue weighted by Crippen LogP contribution is -2.47. The SMILES string of the molecule is Cc1cc(N2CC(C)OC(CCl)C2)nc(C(C)C)n1. The third kappa shape index (κ3) is 3.57. The van der Waals surface area contributed by atoms with E-state index in [1.165, 1.54) is 0 Å². The van der Waals surface area contributed by atoms with Gasteiger partial charge in [-0.15, -0.1) is 11.6 Å². The monoisotopic (exact) mass is 283 g/mol. The predicted molar refractivity (Wildman–Crippen MR) is 78.1 cm³/mol. The number of aryl methyl sites for hydroxylation is 1. The second-order valence-corrected chi connectivity index (χ2v) is 5.82. The highest BCUT2D eigenvalue weighted by Crippen LogP contribution is 2.21. The number of anilines is 1. The summed E-state index contributed by atoms with van der Waals surface area (Å²) in [7, 11) is 0.